The van der Waals surface area contributed by atoms with Crippen molar-refractivity contribution in [2.75, 3.05) is 11.2 Å². The molecule has 0 fully saturated rings. The average Bonchev–Trinajstić information content (AvgIpc) is 2.97. The van der Waals surface area contributed by atoms with Crippen molar-refractivity contribution >= 4 is 44.4 Å². The van der Waals surface area contributed by atoms with Crippen molar-refractivity contribution in [1.29, 1.82) is 0 Å². The summed E-state index contributed by atoms with van der Waals surface area (Å²) in [4.78, 5) is 17.3. The third-order valence-electron chi connectivity index (χ3n) is 3.28. The van der Waals surface area contributed by atoms with E-state index in [1.807, 2.05) is 6.92 Å². The van der Waals surface area contributed by atoms with E-state index in [1.165, 1.54) is 29.0 Å². The minimum atomic E-state index is -0.296. The van der Waals surface area contributed by atoms with E-state index >= 15 is 0 Å². The van der Waals surface area contributed by atoms with Crippen LogP contribution in [-0.2, 0) is 4.79 Å². The Morgan fingerprint density at radius 3 is 2.83 bits per heavy atom. The van der Waals surface area contributed by atoms with Crippen molar-refractivity contribution in [2.45, 2.75) is 18.2 Å². The molecule has 1 amide bonds. The van der Waals surface area contributed by atoms with Crippen LogP contribution in [0.5, 0.6) is 0 Å². The number of thioether (sulfide) groups is 1. The van der Waals surface area contributed by atoms with Crippen molar-refractivity contribution in [3.63, 3.8) is 0 Å². The first-order chi connectivity index (χ1) is 11.6. The fourth-order valence-electron chi connectivity index (χ4n) is 2.03. The molecule has 0 saturated carbocycles. The molecule has 0 saturated heterocycles. The van der Waals surface area contributed by atoms with E-state index in [1.54, 1.807) is 17.8 Å². The molecule has 0 bridgehead atoms. The lowest BCUT2D eigenvalue weighted by Gasteiger charge is -2.05. The molecule has 1 heterocycles. The summed E-state index contributed by atoms with van der Waals surface area (Å²) in [5, 5.41) is 0.537. The van der Waals surface area contributed by atoms with Gasteiger partial charge >= 0.3 is 0 Å². The van der Waals surface area contributed by atoms with Crippen LogP contribution in [0.25, 0.3) is 10.2 Å². The van der Waals surface area contributed by atoms with Gasteiger partial charge in [-0.1, -0.05) is 29.0 Å². The number of nitrogens with one attached hydrogen (secondary N) is 2. The molecule has 0 spiro atoms. The Hall–Kier alpha value is -2.12. The number of thiazole rings is 1. The number of amides is 1. The molecule has 0 radical (unpaired) electrons. The van der Waals surface area contributed by atoms with E-state index in [-0.39, 0.29) is 11.7 Å². The molecule has 0 aliphatic heterocycles. The number of halogens is 1. The predicted octanol–water partition coefficient (Wildman–Crippen LogP) is 4.37. The molecule has 124 valence electrons. The van der Waals surface area contributed by atoms with E-state index in [2.05, 4.69) is 40.1 Å². The van der Waals surface area contributed by atoms with Gasteiger partial charge in [0.25, 0.3) is 0 Å². The first-order valence-corrected chi connectivity index (χ1v) is 9.21. The summed E-state index contributed by atoms with van der Waals surface area (Å²) in [6, 6.07) is 12.6. The summed E-state index contributed by atoms with van der Waals surface area (Å²) in [6.07, 6.45) is 0.394. The minimum absolute atomic E-state index is 0.111. The molecule has 4 nitrogen and oxygen atoms in total. The van der Waals surface area contributed by atoms with Gasteiger partial charge in [0.2, 0.25) is 11.0 Å². The number of rotatable bonds is 6. The highest BCUT2D eigenvalue weighted by molar-refractivity contribution is 7.99. The van der Waals surface area contributed by atoms with Crippen LogP contribution in [-0.4, -0.2) is 16.6 Å². The Morgan fingerprint density at radius 2 is 2.04 bits per heavy atom. The van der Waals surface area contributed by atoms with Gasteiger partial charge < -0.3 is 0 Å². The van der Waals surface area contributed by atoms with Crippen molar-refractivity contribution < 1.29 is 9.18 Å². The fourth-order valence-corrected chi connectivity index (χ4v) is 3.73. The molecule has 3 aromatic rings. The van der Waals surface area contributed by atoms with Crippen molar-refractivity contribution in [1.82, 2.24) is 10.4 Å². The molecular formula is C17H16FN3OS2. The Balaban J connectivity index is 1.45. The summed E-state index contributed by atoms with van der Waals surface area (Å²) in [7, 11) is 0. The molecule has 1 aromatic heterocycles. The second-order valence-corrected chi connectivity index (χ2v) is 7.41. The Labute approximate surface area is 147 Å². The van der Waals surface area contributed by atoms with Crippen LogP contribution in [0.3, 0.4) is 0 Å². The van der Waals surface area contributed by atoms with E-state index in [0.717, 1.165) is 9.60 Å². The van der Waals surface area contributed by atoms with Gasteiger partial charge in [0.15, 0.2) is 0 Å². The van der Waals surface area contributed by atoms with Crippen molar-refractivity contribution in [3.8, 4) is 0 Å². The number of aromatic nitrogens is 1. The van der Waals surface area contributed by atoms with Crippen LogP contribution >= 0.6 is 23.1 Å². The zero-order chi connectivity index (χ0) is 16.9. The minimum Gasteiger partial charge on any atom is -0.273 e. The SMILES string of the molecule is Cc1ccc(SCCC(=O)NNc2nc3ccc(F)cc3s2)cc1. The Bertz CT molecular complexity index is 849. The molecule has 3 rings (SSSR count). The molecule has 0 aliphatic rings. The van der Waals surface area contributed by atoms with E-state index in [4.69, 9.17) is 0 Å². The lowest BCUT2D eigenvalue weighted by molar-refractivity contribution is -0.120. The number of anilines is 1. The Kier molecular flexibility index (Phi) is 5.32. The second kappa shape index (κ2) is 7.63. The summed E-state index contributed by atoms with van der Waals surface area (Å²) in [5.74, 6) is 0.289. The molecule has 0 unspecified atom stereocenters. The normalized spacial score (nSPS) is 10.8. The van der Waals surface area contributed by atoms with Gasteiger partial charge in [0.05, 0.1) is 10.2 Å². The van der Waals surface area contributed by atoms with Gasteiger partial charge in [-0.25, -0.2) is 9.37 Å². The monoisotopic (exact) mass is 361 g/mol. The maximum absolute atomic E-state index is 13.1. The smallest absolute Gasteiger partial charge is 0.239 e. The van der Waals surface area contributed by atoms with Crippen LogP contribution in [0.2, 0.25) is 0 Å². The Morgan fingerprint density at radius 1 is 1.25 bits per heavy atom. The number of aryl methyl sites for hydroxylation is 1. The van der Waals surface area contributed by atoms with Crippen LogP contribution in [0.4, 0.5) is 9.52 Å². The van der Waals surface area contributed by atoms with Gasteiger partial charge in [-0.2, -0.15) is 0 Å². The first-order valence-electron chi connectivity index (χ1n) is 7.40. The maximum atomic E-state index is 13.1. The fraction of sp³-hybridized carbons (Fsp3) is 0.176. The number of carbonyl (C=O) groups is 1. The highest BCUT2D eigenvalue weighted by Crippen LogP contribution is 2.26. The van der Waals surface area contributed by atoms with Crippen molar-refractivity contribution in [3.05, 3.63) is 53.8 Å². The summed E-state index contributed by atoms with van der Waals surface area (Å²) in [6.45, 7) is 2.05. The molecule has 7 heteroatoms. The predicted molar refractivity (Wildman–Crippen MR) is 97.9 cm³/mol. The highest BCUT2D eigenvalue weighted by atomic mass is 32.2. The largest absolute Gasteiger partial charge is 0.273 e. The maximum Gasteiger partial charge on any atom is 0.239 e. The number of hydrazine groups is 1. The summed E-state index contributed by atoms with van der Waals surface area (Å²) < 4.78 is 13.9. The zero-order valence-corrected chi connectivity index (χ0v) is 14.6. The number of carbonyl (C=O) groups excluding carboxylic acids is 1. The molecule has 2 aromatic carbocycles. The average molecular weight is 361 g/mol. The third kappa shape index (κ3) is 4.46. The third-order valence-corrected chi connectivity index (χ3v) is 5.23. The number of nitrogens with zero attached hydrogens (tertiary/aromatic N) is 1. The van der Waals surface area contributed by atoms with Crippen LogP contribution in [0.1, 0.15) is 12.0 Å². The first kappa shape index (κ1) is 16.7. The topological polar surface area (TPSA) is 54.0 Å². The van der Waals surface area contributed by atoms with Gasteiger partial charge in [-0.3, -0.25) is 15.6 Å². The molecule has 24 heavy (non-hydrogen) atoms. The number of fused-ring (bicyclic) bond motifs is 1. The summed E-state index contributed by atoms with van der Waals surface area (Å²) >= 11 is 2.93. The number of hydrogen-bond donors (Lipinski definition) is 2. The van der Waals surface area contributed by atoms with Gasteiger partial charge in [-0.05, 0) is 37.3 Å². The van der Waals surface area contributed by atoms with Gasteiger partial charge in [-0.15, -0.1) is 11.8 Å². The van der Waals surface area contributed by atoms with E-state index in [9.17, 15) is 9.18 Å². The van der Waals surface area contributed by atoms with Crippen LogP contribution < -0.4 is 10.9 Å². The number of hydrogen-bond acceptors (Lipinski definition) is 5. The molecule has 2 N–H and O–H groups in total. The van der Waals surface area contributed by atoms with E-state index in [0.29, 0.717) is 22.8 Å². The van der Waals surface area contributed by atoms with Gasteiger partial charge in [0, 0.05) is 17.1 Å². The van der Waals surface area contributed by atoms with E-state index < -0.39 is 0 Å². The molecule has 0 aliphatic carbocycles. The summed E-state index contributed by atoms with van der Waals surface area (Å²) in [5.41, 5.74) is 7.33. The number of benzene rings is 2. The van der Waals surface area contributed by atoms with Gasteiger partial charge in [0.1, 0.15) is 5.82 Å². The van der Waals surface area contributed by atoms with Crippen LogP contribution in [0, 0.1) is 12.7 Å². The lowest BCUT2D eigenvalue weighted by atomic mass is 10.2. The quantitative estimate of drug-likeness (QED) is 0.506. The highest BCUT2D eigenvalue weighted by Gasteiger charge is 2.06. The second-order valence-electron chi connectivity index (χ2n) is 5.22. The molecule has 0 atom stereocenters. The van der Waals surface area contributed by atoms with Crippen molar-refractivity contribution in [2.24, 2.45) is 0 Å². The molecular weight excluding hydrogens is 345 g/mol. The van der Waals surface area contributed by atoms with Crippen LogP contribution in [0.15, 0.2) is 47.4 Å². The zero-order valence-electron chi connectivity index (χ0n) is 13.0. The standard InChI is InChI=1S/C17H16FN3OS2/c1-11-2-5-13(6-3-11)23-9-8-16(22)20-21-17-19-14-7-4-12(18)10-15(14)24-17/h2-7,10H,8-9H2,1H3,(H,19,21)(H,20,22). The lowest BCUT2D eigenvalue weighted by Crippen LogP contribution is -2.29.